The lowest BCUT2D eigenvalue weighted by atomic mass is 9.92. The van der Waals surface area contributed by atoms with E-state index in [1.54, 1.807) is 13.1 Å². The molecule has 3 aromatic rings. The van der Waals surface area contributed by atoms with E-state index in [4.69, 9.17) is 0 Å². The molecule has 1 fully saturated rings. The zero-order valence-corrected chi connectivity index (χ0v) is 20.1. The van der Waals surface area contributed by atoms with Crippen LogP contribution in [0.1, 0.15) is 53.0 Å². The van der Waals surface area contributed by atoms with E-state index >= 15 is 0 Å². The van der Waals surface area contributed by atoms with Crippen molar-refractivity contribution in [3.63, 3.8) is 0 Å². The van der Waals surface area contributed by atoms with Crippen LogP contribution >= 0.6 is 0 Å². The Bertz CT molecular complexity index is 1320. The van der Waals surface area contributed by atoms with Crippen LogP contribution in [0.5, 0.6) is 0 Å². The second kappa shape index (κ2) is 8.57. The van der Waals surface area contributed by atoms with E-state index in [0.717, 1.165) is 62.7 Å². The number of fused-ring (bicyclic) bond motifs is 2. The summed E-state index contributed by atoms with van der Waals surface area (Å²) < 4.78 is 29.8. The lowest BCUT2D eigenvalue weighted by Gasteiger charge is -2.20. The number of likely N-dealkylation sites (tertiary alicyclic amines) is 1. The number of benzene rings is 2. The number of carbonyl (C=O) groups is 1. The van der Waals surface area contributed by atoms with E-state index in [1.807, 2.05) is 46.8 Å². The normalized spacial score (nSPS) is 16.5. The third kappa shape index (κ3) is 4.06. The first kappa shape index (κ1) is 22.1. The van der Waals surface area contributed by atoms with Gasteiger partial charge in [-0.05, 0) is 80.0 Å². The highest BCUT2D eigenvalue weighted by atomic mass is 32.2. The number of hydrogen-bond acceptors (Lipinski definition) is 4. The maximum Gasteiger partial charge on any atom is 0.253 e. The van der Waals surface area contributed by atoms with Gasteiger partial charge in [-0.3, -0.25) is 4.79 Å². The minimum Gasteiger partial charge on any atom is -0.339 e. The van der Waals surface area contributed by atoms with Crippen molar-refractivity contribution in [1.29, 1.82) is 0 Å². The standard InChI is InChI=1S/C25H30N4O3S/c1-27(33(31,32)21-11-9-18-7-3-4-8-19(18)15-21)17-24-26-22-16-20(10-12-23(22)28(24)2)25(30)29-13-5-6-14-29/h9-12,15-16H,3-8,13-14,17H2,1-2H3. The molecule has 2 aromatic carbocycles. The van der Waals surface area contributed by atoms with E-state index in [2.05, 4.69) is 4.98 Å². The van der Waals surface area contributed by atoms with Crippen molar-refractivity contribution in [2.75, 3.05) is 20.1 Å². The maximum atomic E-state index is 13.3. The highest BCUT2D eigenvalue weighted by Crippen LogP contribution is 2.26. The molecular weight excluding hydrogens is 436 g/mol. The molecule has 0 atom stereocenters. The van der Waals surface area contributed by atoms with Gasteiger partial charge in [-0.1, -0.05) is 6.07 Å². The molecule has 0 radical (unpaired) electrons. The van der Waals surface area contributed by atoms with E-state index in [0.29, 0.717) is 21.8 Å². The van der Waals surface area contributed by atoms with Crippen LogP contribution < -0.4 is 0 Å². The van der Waals surface area contributed by atoms with Crippen LogP contribution in [0, 0.1) is 0 Å². The highest BCUT2D eigenvalue weighted by Gasteiger charge is 2.25. The van der Waals surface area contributed by atoms with Gasteiger partial charge in [-0.2, -0.15) is 4.31 Å². The van der Waals surface area contributed by atoms with E-state index in [-0.39, 0.29) is 12.5 Å². The number of hydrogen-bond donors (Lipinski definition) is 0. The fraction of sp³-hybridized carbons (Fsp3) is 0.440. The summed E-state index contributed by atoms with van der Waals surface area (Å²) in [6, 6.07) is 11.1. The summed E-state index contributed by atoms with van der Waals surface area (Å²) in [5.41, 5.74) is 4.62. The first-order valence-corrected chi connectivity index (χ1v) is 13.1. The first-order chi connectivity index (χ1) is 15.8. The van der Waals surface area contributed by atoms with Crippen LogP contribution in [0.2, 0.25) is 0 Å². The van der Waals surface area contributed by atoms with Gasteiger partial charge in [0.1, 0.15) is 5.82 Å². The maximum absolute atomic E-state index is 13.3. The van der Waals surface area contributed by atoms with Crippen molar-refractivity contribution in [3.8, 4) is 0 Å². The predicted molar refractivity (Wildman–Crippen MR) is 128 cm³/mol. The molecule has 174 valence electrons. The molecule has 2 heterocycles. The summed E-state index contributed by atoms with van der Waals surface area (Å²) in [4.78, 5) is 19.7. The van der Waals surface area contributed by atoms with Gasteiger partial charge in [0.2, 0.25) is 10.0 Å². The fourth-order valence-corrected chi connectivity index (χ4v) is 6.14. The molecule has 0 bridgehead atoms. The first-order valence-electron chi connectivity index (χ1n) is 11.7. The summed E-state index contributed by atoms with van der Waals surface area (Å²) in [7, 11) is -0.164. The number of aryl methyl sites for hydroxylation is 3. The average Bonchev–Trinajstić information content (AvgIpc) is 3.47. The van der Waals surface area contributed by atoms with E-state index in [9.17, 15) is 13.2 Å². The van der Waals surface area contributed by atoms with Crippen LogP contribution in [0.3, 0.4) is 0 Å². The van der Waals surface area contributed by atoms with Crippen molar-refractivity contribution >= 4 is 27.0 Å². The summed E-state index contributed by atoms with van der Waals surface area (Å²) in [5, 5.41) is 0. The molecular formula is C25H30N4O3S. The van der Waals surface area contributed by atoms with Crippen molar-refractivity contribution in [1.82, 2.24) is 18.8 Å². The fourth-order valence-electron chi connectivity index (χ4n) is 4.96. The average molecular weight is 467 g/mol. The summed E-state index contributed by atoms with van der Waals surface area (Å²) in [5.74, 6) is 0.675. The number of carbonyl (C=O) groups excluding carboxylic acids is 1. The minimum atomic E-state index is -3.64. The third-order valence-electron chi connectivity index (χ3n) is 7.01. The molecule has 0 unspecified atom stereocenters. The zero-order chi connectivity index (χ0) is 23.2. The van der Waals surface area contributed by atoms with Crippen LogP contribution in [0.4, 0.5) is 0 Å². The quantitative estimate of drug-likeness (QED) is 0.577. The van der Waals surface area contributed by atoms with Gasteiger partial charge in [-0.15, -0.1) is 0 Å². The molecule has 7 nitrogen and oxygen atoms in total. The van der Waals surface area contributed by atoms with Gasteiger partial charge in [-0.25, -0.2) is 13.4 Å². The predicted octanol–water partition coefficient (Wildman–Crippen LogP) is 3.51. The monoisotopic (exact) mass is 466 g/mol. The number of nitrogens with zero attached hydrogens (tertiary/aromatic N) is 4. The molecule has 0 saturated carbocycles. The van der Waals surface area contributed by atoms with Crippen LogP contribution in [0.25, 0.3) is 11.0 Å². The Kier molecular flexibility index (Phi) is 5.74. The number of amides is 1. The van der Waals surface area contributed by atoms with Crippen LogP contribution in [0.15, 0.2) is 41.3 Å². The highest BCUT2D eigenvalue weighted by molar-refractivity contribution is 7.89. The molecule has 1 aliphatic heterocycles. The second-order valence-electron chi connectivity index (χ2n) is 9.19. The Labute approximate surface area is 195 Å². The molecule has 5 rings (SSSR count). The van der Waals surface area contributed by atoms with Gasteiger partial charge in [0.05, 0.1) is 22.5 Å². The summed E-state index contributed by atoms with van der Waals surface area (Å²) in [6.45, 7) is 1.76. The second-order valence-corrected chi connectivity index (χ2v) is 11.2. The zero-order valence-electron chi connectivity index (χ0n) is 19.2. The van der Waals surface area contributed by atoms with Gasteiger partial charge in [0.25, 0.3) is 5.91 Å². The Morgan fingerprint density at radius 1 is 1.00 bits per heavy atom. The topological polar surface area (TPSA) is 75.5 Å². The largest absolute Gasteiger partial charge is 0.339 e. The molecule has 1 aromatic heterocycles. The third-order valence-corrected chi connectivity index (χ3v) is 8.81. The van der Waals surface area contributed by atoms with Gasteiger partial charge in [0, 0.05) is 32.7 Å². The Morgan fingerprint density at radius 2 is 1.73 bits per heavy atom. The smallest absolute Gasteiger partial charge is 0.253 e. The lowest BCUT2D eigenvalue weighted by Crippen LogP contribution is -2.28. The van der Waals surface area contributed by atoms with Gasteiger partial charge < -0.3 is 9.47 Å². The molecule has 0 N–H and O–H groups in total. The lowest BCUT2D eigenvalue weighted by molar-refractivity contribution is 0.0793. The van der Waals surface area contributed by atoms with Crippen molar-refractivity contribution < 1.29 is 13.2 Å². The van der Waals surface area contributed by atoms with E-state index in [1.165, 1.54) is 9.87 Å². The SMILES string of the molecule is CN(Cc1nc2cc(C(=O)N3CCCC3)ccc2n1C)S(=O)(=O)c1ccc2c(c1)CCCC2. The summed E-state index contributed by atoms with van der Waals surface area (Å²) in [6.07, 6.45) is 6.32. The molecule has 33 heavy (non-hydrogen) atoms. The van der Waals surface area contributed by atoms with Gasteiger partial charge >= 0.3 is 0 Å². The molecule has 2 aliphatic rings. The molecule has 1 saturated heterocycles. The molecule has 8 heteroatoms. The Hall–Kier alpha value is -2.71. The molecule has 1 aliphatic carbocycles. The number of imidazole rings is 1. The van der Waals surface area contributed by atoms with Crippen molar-refractivity contribution in [2.24, 2.45) is 7.05 Å². The van der Waals surface area contributed by atoms with Crippen LogP contribution in [-0.2, 0) is 36.5 Å². The number of sulfonamides is 1. The summed E-state index contributed by atoms with van der Waals surface area (Å²) >= 11 is 0. The molecule has 0 spiro atoms. The Morgan fingerprint density at radius 3 is 2.48 bits per heavy atom. The molecule has 1 amide bonds. The van der Waals surface area contributed by atoms with Crippen molar-refractivity contribution in [2.45, 2.75) is 50.0 Å². The van der Waals surface area contributed by atoms with E-state index < -0.39 is 10.0 Å². The minimum absolute atomic E-state index is 0.0358. The Balaban J connectivity index is 1.40. The van der Waals surface area contributed by atoms with Crippen molar-refractivity contribution in [3.05, 3.63) is 58.9 Å². The van der Waals surface area contributed by atoms with Crippen LogP contribution in [-0.4, -0.2) is 53.2 Å². The van der Waals surface area contributed by atoms with Gasteiger partial charge in [0.15, 0.2) is 0 Å². The number of rotatable bonds is 5. The number of aromatic nitrogens is 2.